The van der Waals surface area contributed by atoms with Gasteiger partial charge in [-0.25, -0.2) is 0 Å². The topological polar surface area (TPSA) is 57.7 Å². The van der Waals surface area contributed by atoms with Crippen LogP contribution >= 0.6 is 0 Å². The van der Waals surface area contributed by atoms with Crippen LogP contribution < -0.4 is 0 Å². The first-order valence-electron chi connectivity index (χ1n) is 8.98. The van der Waals surface area contributed by atoms with Crippen molar-refractivity contribution in [1.82, 2.24) is 9.80 Å². The number of piperidine rings is 1. The Labute approximate surface area is 135 Å². The number of allylic oxidation sites excluding steroid dienone is 2. The predicted molar refractivity (Wildman–Crippen MR) is 81.8 cm³/mol. The third-order valence-electron chi connectivity index (χ3n) is 6.76. The summed E-state index contributed by atoms with van der Waals surface area (Å²) in [6.07, 6.45) is 8.71. The molecule has 6 aliphatic rings. The third kappa shape index (κ3) is 1.82. The molecule has 2 aliphatic heterocycles. The van der Waals surface area contributed by atoms with Crippen molar-refractivity contribution in [2.75, 3.05) is 19.6 Å². The summed E-state index contributed by atoms with van der Waals surface area (Å²) in [5.41, 5.74) is 0. The maximum atomic E-state index is 12.8. The second-order valence-corrected chi connectivity index (χ2v) is 7.86. The molecule has 122 valence electrons. The van der Waals surface area contributed by atoms with Gasteiger partial charge in [-0.1, -0.05) is 12.2 Å². The SMILES string of the molecule is O=C(CN1C(=O)[C@@H]2[C@H]3C=C[C@@H]([C@@H]4C[C@@H]34)[C@@H]2C1=O)N1CCCCC1. The highest BCUT2D eigenvalue weighted by Gasteiger charge is 2.67. The Morgan fingerprint density at radius 2 is 1.52 bits per heavy atom. The van der Waals surface area contributed by atoms with E-state index in [2.05, 4.69) is 12.2 Å². The zero-order valence-electron chi connectivity index (χ0n) is 13.2. The zero-order valence-corrected chi connectivity index (χ0v) is 13.2. The molecule has 0 aromatic heterocycles. The van der Waals surface area contributed by atoms with Gasteiger partial charge in [-0.15, -0.1) is 0 Å². The van der Waals surface area contributed by atoms with Crippen LogP contribution in [0.2, 0.25) is 0 Å². The van der Waals surface area contributed by atoms with E-state index in [-0.39, 0.29) is 47.9 Å². The highest BCUT2D eigenvalue weighted by molar-refractivity contribution is 6.08. The van der Waals surface area contributed by atoms with Crippen molar-refractivity contribution in [1.29, 1.82) is 0 Å². The Hall–Kier alpha value is -1.65. The highest BCUT2D eigenvalue weighted by atomic mass is 16.2. The molecule has 0 radical (unpaired) electrons. The van der Waals surface area contributed by atoms with E-state index in [0.717, 1.165) is 32.4 Å². The van der Waals surface area contributed by atoms with Gasteiger partial charge in [-0.3, -0.25) is 19.3 Å². The van der Waals surface area contributed by atoms with Crippen LogP contribution in [0, 0.1) is 35.5 Å². The van der Waals surface area contributed by atoms with Gasteiger partial charge in [0.15, 0.2) is 0 Å². The molecule has 3 amide bonds. The quantitative estimate of drug-likeness (QED) is 0.565. The number of carbonyl (C=O) groups excluding carboxylic acids is 3. The predicted octanol–water partition coefficient (Wildman–Crippen LogP) is 1.05. The van der Waals surface area contributed by atoms with E-state index in [1.54, 1.807) is 0 Å². The van der Waals surface area contributed by atoms with Crippen molar-refractivity contribution >= 4 is 17.7 Å². The fraction of sp³-hybridized carbons (Fsp3) is 0.722. The number of hydrogen-bond acceptors (Lipinski definition) is 3. The van der Waals surface area contributed by atoms with Crippen molar-refractivity contribution in [3.8, 4) is 0 Å². The van der Waals surface area contributed by atoms with Crippen LogP contribution in [0.25, 0.3) is 0 Å². The van der Waals surface area contributed by atoms with Crippen LogP contribution in [-0.2, 0) is 14.4 Å². The molecule has 4 aliphatic carbocycles. The van der Waals surface area contributed by atoms with Gasteiger partial charge in [-0.2, -0.15) is 0 Å². The molecule has 5 nitrogen and oxygen atoms in total. The number of amides is 3. The summed E-state index contributed by atoms with van der Waals surface area (Å²) in [5, 5.41) is 0. The van der Waals surface area contributed by atoms with E-state index in [1.807, 2.05) is 4.90 Å². The van der Waals surface area contributed by atoms with E-state index in [4.69, 9.17) is 0 Å². The van der Waals surface area contributed by atoms with E-state index < -0.39 is 0 Å². The largest absolute Gasteiger partial charge is 0.341 e. The number of carbonyl (C=O) groups is 3. The van der Waals surface area contributed by atoms with Gasteiger partial charge in [0.25, 0.3) is 0 Å². The molecule has 6 atom stereocenters. The van der Waals surface area contributed by atoms with Crippen LogP contribution in [0.1, 0.15) is 25.7 Å². The minimum absolute atomic E-state index is 0.0422. The Bertz CT molecular complexity index is 586. The lowest BCUT2D eigenvalue weighted by Gasteiger charge is -2.37. The molecule has 0 N–H and O–H groups in total. The lowest BCUT2D eigenvalue weighted by molar-refractivity contribution is -0.147. The molecule has 6 rings (SSSR count). The molecule has 5 heteroatoms. The molecular weight excluding hydrogens is 292 g/mol. The Kier molecular flexibility index (Phi) is 2.80. The van der Waals surface area contributed by atoms with Gasteiger partial charge in [0.05, 0.1) is 11.8 Å². The summed E-state index contributed by atoms with van der Waals surface area (Å²) in [7, 11) is 0. The standard InChI is InChI=1S/C18H22N2O3/c21-14(19-6-2-1-3-7-19)9-20-17(22)15-10-4-5-11(13-8-12(10)13)16(15)18(20)23/h4-5,10-13,15-16H,1-3,6-9H2/t10-,11-,12-,13-,15-,16+/m0/s1. The first-order chi connectivity index (χ1) is 11.2. The van der Waals surface area contributed by atoms with Gasteiger partial charge in [0.2, 0.25) is 17.7 Å². The van der Waals surface area contributed by atoms with Gasteiger partial charge < -0.3 is 4.90 Å². The summed E-state index contributed by atoms with van der Waals surface area (Å²) < 4.78 is 0. The average Bonchev–Trinajstić information content (AvgIpc) is 3.37. The third-order valence-corrected chi connectivity index (χ3v) is 6.76. The monoisotopic (exact) mass is 314 g/mol. The van der Waals surface area contributed by atoms with Crippen molar-refractivity contribution in [3.63, 3.8) is 0 Å². The van der Waals surface area contributed by atoms with Crippen LogP contribution in [0.4, 0.5) is 0 Å². The maximum absolute atomic E-state index is 12.8. The van der Waals surface area contributed by atoms with E-state index >= 15 is 0 Å². The van der Waals surface area contributed by atoms with E-state index in [1.165, 1.54) is 11.3 Å². The van der Waals surface area contributed by atoms with Crippen molar-refractivity contribution < 1.29 is 14.4 Å². The summed E-state index contributed by atoms with van der Waals surface area (Å²) in [4.78, 5) is 41.2. The number of hydrogen-bond donors (Lipinski definition) is 0. The number of nitrogens with zero attached hydrogens (tertiary/aromatic N) is 2. The molecule has 4 fully saturated rings. The summed E-state index contributed by atoms with van der Waals surface area (Å²) in [6.45, 7) is 1.48. The lowest BCUT2D eigenvalue weighted by atomic mass is 9.63. The number of likely N-dealkylation sites (tertiary alicyclic amines) is 2. The smallest absolute Gasteiger partial charge is 0.242 e. The normalized spacial score (nSPS) is 43.7. The van der Waals surface area contributed by atoms with Gasteiger partial charge in [0.1, 0.15) is 6.54 Å². The second kappa shape index (κ2) is 4.68. The van der Waals surface area contributed by atoms with Crippen LogP contribution in [-0.4, -0.2) is 47.2 Å². The average molecular weight is 314 g/mol. The minimum Gasteiger partial charge on any atom is -0.341 e. The Balaban J connectivity index is 1.36. The summed E-state index contributed by atoms with van der Waals surface area (Å²) in [5.74, 6) is 1.09. The molecule has 2 heterocycles. The summed E-state index contributed by atoms with van der Waals surface area (Å²) >= 11 is 0. The van der Waals surface area contributed by atoms with Crippen LogP contribution in [0.5, 0.6) is 0 Å². The molecule has 2 bridgehead atoms. The zero-order chi connectivity index (χ0) is 15.7. The Morgan fingerprint density at radius 1 is 0.957 bits per heavy atom. The second-order valence-electron chi connectivity index (χ2n) is 7.86. The van der Waals surface area contributed by atoms with Gasteiger partial charge in [0, 0.05) is 13.1 Å². The van der Waals surface area contributed by atoms with Crippen LogP contribution in [0.15, 0.2) is 12.2 Å². The van der Waals surface area contributed by atoms with Crippen molar-refractivity contribution in [2.24, 2.45) is 35.5 Å². The van der Waals surface area contributed by atoms with Crippen LogP contribution in [0.3, 0.4) is 0 Å². The maximum Gasteiger partial charge on any atom is 0.242 e. The molecule has 2 saturated heterocycles. The molecule has 23 heavy (non-hydrogen) atoms. The van der Waals surface area contributed by atoms with Crippen molar-refractivity contribution in [2.45, 2.75) is 25.7 Å². The fourth-order valence-corrected chi connectivity index (χ4v) is 5.55. The molecule has 0 aromatic rings. The molecule has 0 unspecified atom stereocenters. The van der Waals surface area contributed by atoms with Gasteiger partial charge in [-0.05, 0) is 49.4 Å². The van der Waals surface area contributed by atoms with E-state index in [9.17, 15) is 14.4 Å². The first-order valence-corrected chi connectivity index (χ1v) is 8.98. The van der Waals surface area contributed by atoms with E-state index in [0.29, 0.717) is 11.8 Å². The van der Waals surface area contributed by atoms with Gasteiger partial charge >= 0.3 is 0 Å². The molecule has 0 aromatic carbocycles. The van der Waals surface area contributed by atoms with Crippen molar-refractivity contribution in [3.05, 3.63) is 12.2 Å². The molecule has 0 spiro atoms. The highest BCUT2D eigenvalue weighted by Crippen LogP contribution is 2.65. The number of imide groups is 1. The fourth-order valence-electron chi connectivity index (χ4n) is 5.55. The first kappa shape index (κ1) is 13.8. The minimum atomic E-state index is -0.185. The molecule has 2 saturated carbocycles. The number of rotatable bonds is 2. The Morgan fingerprint density at radius 3 is 2.09 bits per heavy atom. The molecular formula is C18H22N2O3. The lowest BCUT2D eigenvalue weighted by Crippen LogP contribution is -2.45. The summed E-state index contributed by atoms with van der Waals surface area (Å²) in [6, 6.07) is 0.